The number of allylic oxidation sites excluding steroid dienone is 2. The van der Waals surface area contributed by atoms with E-state index in [0.29, 0.717) is 19.4 Å². The smallest absolute Gasteiger partial charge is 0.307 e. The van der Waals surface area contributed by atoms with E-state index in [-0.39, 0.29) is 12.5 Å². The Balaban J connectivity index is 2.82. The molecule has 0 aromatic rings. The van der Waals surface area contributed by atoms with E-state index in [1.54, 1.807) is 6.08 Å². The lowest BCUT2D eigenvalue weighted by molar-refractivity contribution is -0.151. The van der Waals surface area contributed by atoms with E-state index in [0.717, 1.165) is 12.8 Å². The van der Waals surface area contributed by atoms with Gasteiger partial charge in [0, 0.05) is 6.54 Å². The summed E-state index contributed by atoms with van der Waals surface area (Å²) in [5.74, 6) is -3.15. The van der Waals surface area contributed by atoms with Crippen LogP contribution in [0.4, 0.5) is 0 Å². The molecule has 2 amide bonds. The minimum absolute atomic E-state index is 0.147. The minimum atomic E-state index is -0.970. The van der Waals surface area contributed by atoms with E-state index in [9.17, 15) is 19.5 Å². The molecule has 112 valence electrons. The number of primary amides is 1. The maximum atomic E-state index is 12.5. The van der Waals surface area contributed by atoms with Gasteiger partial charge in [0.1, 0.15) is 0 Å². The molecule has 1 aliphatic rings. The van der Waals surface area contributed by atoms with Gasteiger partial charge < -0.3 is 15.7 Å². The largest absolute Gasteiger partial charge is 0.481 e. The zero-order valence-corrected chi connectivity index (χ0v) is 11.7. The SMILES string of the molecule is CCCCN(CC(N)=O)C(=O)C1CC=CCC1C(=O)O. The molecule has 2 unspecified atom stereocenters. The summed E-state index contributed by atoms with van der Waals surface area (Å²) in [4.78, 5) is 36.2. The summed E-state index contributed by atoms with van der Waals surface area (Å²) >= 11 is 0. The molecule has 3 N–H and O–H groups in total. The quantitative estimate of drug-likeness (QED) is 0.673. The molecule has 0 aliphatic heterocycles. The molecule has 6 heteroatoms. The van der Waals surface area contributed by atoms with Gasteiger partial charge in [-0.1, -0.05) is 25.5 Å². The molecule has 2 atom stereocenters. The molecular formula is C14H22N2O4. The molecule has 0 aromatic carbocycles. The second kappa shape index (κ2) is 7.67. The first kappa shape index (κ1) is 16.2. The highest BCUT2D eigenvalue weighted by atomic mass is 16.4. The van der Waals surface area contributed by atoms with E-state index < -0.39 is 23.7 Å². The summed E-state index contributed by atoms with van der Waals surface area (Å²) in [6.45, 7) is 2.27. The number of nitrogens with two attached hydrogens (primary N) is 1. The number of aliphatic carboxylic acids is 1. The molecule has 0 saturated heterocycles. The Morgan fingerprint density at radius 2 is 1.85 bits per heavy atom. The minimum Gasteiger partial charge on any atom is -0.481 e. The summed E-state index contributed by atoms with van der Waals surface area (Å²) in [5, 5.41) is 9.20. The molecule has 6 nitrogen and oxygen atoms in total. The Morgan fingerprint density at radius 3 is 2.35 bits per heavy atom. The molecule has 0 aromatic heterocycles. The lowest BCUT2D eigenvalue weighted by Gasteiger charge is -2.30. The van der Waals surface area contributed by atoms with Crippen molar-refractivity contribution in [2.45, 2.75) is 32.6 Å². The van der Waals surface area contributed by atoms with Crippen LogP contribution in [0.15, 0.2) is 12.2 Å². The van der Waals surface area contributed by atoms with Crippen LogP contribution in [0.1, 0.15) is 32.6 Å². The van der Waals surface area contributed by atoms with E-state index in [2.05, 4.69) is 0 Å². The van der Waals surface area contributed by atoms with Crippen LogP contribution in [-0.2, 0) is 14.4 Å². The summed E-state index contributed by atoms with van der Waals surface area (Å²) in [6.07, 6.45) is 6.01. The third kappa shape index (κ3) is 4.36. The van der Waals surface area contributed by atoms with Gasteiger partial charge in [-0.25, -0.2) is 0 Å². The number of unbranched alkanes of at least 4 members (excludes halogenated alkanes) is 1. The van der Waals surface area contributed by atoms with E-state index >= 15 is 0 Å². The average molecular weight is 282 g/mol. The van der Waals surface area contributed by atoms with Gasteiger partial charge in [0.25, 0.3) is 0 Å². The molecule has 0 saturated carbocycles. The molecule has 0 spiro atoms. The third-order valence-corrected chi connectivity index (χ3v) is 3.51. The predicted molar refractivity (Wildman–Crippen MR) is 73.7 cm³/mol. The molecule has 20 heavy (non-hydrogen) atoms. The number of carbonyl (C=O) groups excluding carboxylic acids is 2. The molecule has 0 radical (unpaired) electrons. The van der Waals surface area contributed by atoms with Crippen molar-refractivity contribution in [3.63, 3.8) is 0 Å². The maximum absolute atomic E-state index is 12.5. The third-order valence-electron chi connectivity index (χ3n) is 3.51. The number of carboxylic acids is 1. The maximum Gasteiger partial charge on any atom is 0.307 e. The Bertz CT molecular complexity index is 406. The van der Waals surface area contributed by atoms with Crippen molar-refractivity contribution < 1.29 is 19.5 Å². The van der Waals surface area contributed by atoms with Crippen LogP contribution in [0.3, 0.4) is 0 Å². The number of amides is 2. The Kier molecular flexibility index (Phi) is 6.21. The summed E-state index contributed by atoms with van der Waals surface area (Å²) < 4.78 is 0. The van der Waals surface area contributed by atoms with Crippen LogP contribution in [0.5, 0.6) is 0 Å². The highest BCUT2D eigenvalue weighted by molar-refractivity contribution is 5.88. The van der Waals surface area contributed by atoms with E-state index in [4.69, 9.17) is 5.73 Å². The lowest BCUT2D eigenvalue weighted by atomic mass is 9.82. The van der Waals surface area contributed by atoms with Crippen LogP contribution in [0.25, 0.3) is 0 Å². The van der Waals surface area contributed by atoms with Crippen LogP contribution in [0, 0.1) is 11.8 Å². The summed E-state index contributed by atoms with van der Waals surface area (Å²) in [6, 6.07) is 0. The highest BCUT2D eigenvalue weighted by Crippen LogP contribution is 2.27. The first-order chi connectivity index (χ1) is 9.47. The molecular weight excluding hydrogens is 260 g/mol. The normalized spacial score (nSPS) is 21.4. The van der Waals surface area contributed by atoms with Crippen LogP contribution in [-0.4, -0.2) is 40.9 Å². The zero-order valence-electron chi connectivity index (χ0n) is 11.7. The highest BCUT2D eigenvalue weighted by Gasteiger charge is 2.36. The Hall–Kier alpha value is -1.85. The second-order valence-electron chi connectivity index (χ2n) is 5.07. The summed E-state index contributed by atoms with van der Waals surface area (Å²) in [5.41, 5.74) is 5.16. The predicted octanol–water partition coefficient (Wildman–Crippen LogP) is 0.767. The molecule has 1 aliphatic carbocycles. The number of rotatable bonds is 7. The van der Waals surface area contributed by atoms with Gasteiger partial charge in [0.2, 0.25) is 11.8 Å². The number of hydrogen-bond acceptors (Lipinski definition) is 3. The van der Waals surface area contributed by atoms with Gasteiger partial charge in [-0.05, 0) is 19.3 Å². The fraction of sp³-hybridized carbons (Fsp3) is 0.643. The van der Waals surface area contributed by atoms with Gasteiger partial charge >= 0.3 is 5.97 Å². The molecule has 1 rings (SSSR count). The van der Waals surface area contributed by atoms with Crippen molar-refractivity contribution in [2.75, 3.05) is 13.1 Å². The molecule has 0 heterocycles. The first-order valence-electron chi connectivity index (χ1n) is 6.92. The van der Waals surface area contributed by atoms with Crippen LogP contribution >= 0.6 is 0 Å². The van der Waals surface area contributed by atoms with Crippen molar-refractivity contribution in [3.8, 4) is 0 Å². The van der Waals surface area contributed by atoms with Gasteiger partial charge in [0.15, 0.2) is 0 Å². The fourth-order valence-electron chi connectivity index (χ4n) is 2.40. The van der Waals surface area contributed by atoms with E-state index in [1.807, 2.05) is 13.0 Å². The van der Waals surface area contributed by atoms with Gasteiger partial charge in [-0.2, -0.15) is 0 Å². The van der Waals surface area contributed by atoms with E-state index in [1.165, 1.54) is 4.90 Å². The van der Waals surface area contributed by atoms with Crippen LogP contribution < -0.4 is 5.73 Å². The van der Waals surface area contributed by atoms with Crippen molar-refractivity contribution in [3.05, 3.63) is 12.2 Å². The van der Waals surface area contributed by atoms with Crippen molar-refractivity contribution in [1.82, 2.24) is 4.90 Å². The summed E-state index contributed by atoms with van der Waals surface area (Å²) in [7, 11) is 0. The second-order valence-corrected chi connectivity index (χ2v) is 5.07. The van der Waals surface area contributed by atoms with Crippen molar-refractivity contribution in [2.24, 2.45) is 17.6 Å². The van der Waals surface area contributed by atoms with Crippen molar-refractivity contribution in [1.29, 1.82) is 0 Å². The zero-order chi connectivity index (χ0) is 15.1. The first-order valence-corrected chi connectivity index (χ1v) is 6.92. The number of hydrogen-bond donors (Lipinski definition) is 2. The fourth-order valence-corrected chi connectivity index (χ4v) is 2.40. The molecule has 0 bridgehead atoms. The number of nitrogens with zero attached hydrogens (tertiary/aromatic N) is 1. The number of carbonyl (C=O) groups is 3. The lowest BCUT2D eigenvalue weighted by Crippen LogP contribution is -2.45. The average Bonchev–Trinajstić information content (AvgIpc) is 2.42. The topological polar surface area (TPSA) is 101 Å². The number of carboxylic acid groups (broad SMARTS) is 1. The monoisotopic (exact) mass is 282 g/mol. The molecule has 0 fully saturated rings. The van der Waals surface area contributed by atoms with Crippen molar-refractivity contribution >= 4 is 17.8 Å². The van der Waals surface area contributed by atoms with Crippen LogP contribution in [0.2, 0.25) is 0 Å². The standard InChI is InChI=1S/C14H22N2O4/c1-2-3-8-16(9-12(15)17)13(18)10-6-4-5-7-11(10)14(19)20/h4-5,10-11H,2-3,6-9H2,1H3,(H2,15,17)(H,19,20). The van der Waals surface area contributed by atoms with Gasteiger partial charge in [0.05, 0.1) is 18.4 Å². The Labute approximate surface area is 118 Å². The Morgan fingerprint density at radius 1 is 1.25 bits per heavy atom. The van der Waals surface area contributed by atoms with Gasteiger partial charge in [-0.3, -0.25) is 14.4 Å². The van der Waals surface area contributed by atoms with Gasteiger partial charge in [-0.15, -0.1) is 0 Å².